The minimum Gasteiger partial charge on any atom is -0.343 e. The van der Waals surface area contributed by atoms with E-state index in [1.807, 2.05) is 66.7 Å². The van der Waals surface area contributed by atoms with Gasteiger partial charge in [-0.3, -0.25) is 0 Å². The summed E-state index contributed by atoms with van der Waals surface area (Å²) in [5.74, 6) is 0. The van der Waals surface area contributed by atoms with E-state index < -0.39 is 20.9 Å². The van der Waals surface area contributed by atoms with Crippen molar-refractivity contribution < 1.29 is 13.2 Å². The Hall–Kier alpha value is -2.43. The van der Waals surface area contributed by atoms with Gasteiger partial charge in [-0.25, -0.2) is 8.42 Å². The molecule has 2 unspecified atom stereocenters. The maximum absolute atomic E-state index is 13.4. The highest BCUT2D eigenvalue weighted by Gasteiger charge is 2.66. The van der Waals surface area contributed by atoms with Crippen LogP contribution in [0, 0.1) is 0 Å². The molecule has 0 bridgehead atoms. The van der Waals surface area contributed by atoms with Crippen molar-refractivity contribution in [2.24, 2.45) is 0 Å². The molecular weight excluding hydrogens is 332 g/mol. The summed E-state index contributed by atoms with van der Waals surface area (Å²) < 4.78 is 32.7. The van der Waals surface area contributed by atoms with Crippen molar-refractivity contribution in [1.82, 2.24) is 0 Å². The van der Waals surface area contributed by atoms with Crippen LogP contribution in [0.5, 0.6) is 0 Å². The molecule has 1 aliphatic rings. The molecule has 0 saturated carbocycles. The quantitative estimate of drug-likeness (QED) is 0.649. The average Bonchev–Trinajstić information content (AvgIpc) is 3.40. The van der Waals surface area contributed by atoms with E-state index in [-0.39, 0.29) is 0 Å². The maximum Gasteiger partial charge on any atom is 0.211 e. The van der Waals surface area contributed by atoms with Crippen LogP contribution < -0.4 is 0 Å². The third-order valence-corrected chi connectivity index (χ3v) is 6.82. The van der Waals surface area contributed by atoms with E-state index in [1.165, 1.54) is 0 Å². The van der Waals surface area contributed by atoms with Gasteiger partial charge < -0.3 is 4.74 Å². The fourth-order valence-corrected chi connectivity index (χ4v) is 5.14. The second-order valence-electron chi connectivity index (χ2n) is 6.20. The van der Waals surface area contributed by atoms with Crippen molar-refractivity contribution in [1.29, 1.82) is 0 Å². The summed E-state index contributed by atoms with van der Waals surface area (Å²) in [4.78, 5) is -0.957. The smallest absolute Gasteiger partial charge is 0.211 e. The van der Waals surface area contributed by atoms with Gasteiger partial charge in [-0.2, -0.15) is 0 Å². The lowest BCUT2D eigenvalue weighted by Crippen LogP contribution is -2.28. The summed E-state index contributed by atoms with van der Waals surface area (Å²) in [5, 5.41) is 0. The minimum atomic E-state index is -3.65. The summed E-state index contributed by atoms with van der Waals surface area (Å²) in [6.07, 6.45) is -0.135. The summed E-state index contributed by atoms with van der Waals surface area (Å²) >= 11 is 0. The molecule has 4 rings (SSSR count). The number of benzene rings is 3. The summed E-state index contributed by atoms with van der Waals surface area (Å²) in [7, 11) is -3.65. The van der Waals surface area contributed by atoms with Crippen LogP contribution >= 0.6 is 0 Å². The van der Waals surface area contributed by atoms with Gasteiger partial charge in [0.15, 0.2) is 0 Å². The Bertz CT molecular complexity index is 954. The third-order valence-electron chi connectivity index (χ3n) is 4.56. The van der Waals surface area contributed by atoms with Gasteiger partial charge in [0.1, 0.15) is 6.10 Å². The SMILES string of the molecule is O=S(=O)(c1ccccc1)C1(Cc2ccccc2)OC1c1ccccc1. The van der Waals surface area contributed by atoms with Crippen molar-refractivity contribution >= 4 is 9.84 Å². The molecule has 3 aromatic carbocycles. The zero-order valence-corrected chi connectivity index (χ0v) is 14.4. The second-order valence-corrected chi connectivity index (χ2v) is 8.37. The van der Waals surface area contributed by atoms with Crippen molar-refractivity contribution in [3.05, 3.63) is 102 Å². The molecule has 25 heavy (non-hydrogen) atoms. The van der Waals surface area contributed by atoms with Crippen molar-refractivity contribution in [2.75, 3.05) is 0 Å². The van der Waals surface area contributed by atoms with Gasteiger partial charge in [-0.05, 0) is 23.3 Å². The number of hydrogen-bond acceptors (Lipinski definition) is 3. The summed E-state index contributed by atoms with van der Waals surface area (Å²) in [6.45, 7) is 0. The highest BCUT2D eigenvalue weighted by Crippen LogP contribution is 2.57. The predicted molar refractivity (Wildman–Crippen MR) is 96.8 cm³/mol. The van der Waals surface area contributed by atoms with E-state index in [2.05, 4.69) is 0 Å². The maximum atomic E-state index is 13.4. The molecule has 3 aromatic rings. The predicted octanol–water partition coefficient (Wildman–Crippen LogP) is 4.17. The minimum absolute atomic E-state index is 0.296. The van der Waals surface area contributed by atoms with Crippen LogP contribution in [0.2, 0.25) is 0 Å². The number of epoxide rings is 1. The number of ether oxygens (including phenoxy) is 1. The van der Waals surface area contributed by atoms with E-state index in [0.29, 0.717) is 11.3 Å². The summed E-state index contributed by atoms with van der Waals surface area (Å²) in [6, 6.07) is 27.7. The van der Waals surface area contributed by atoms with Crippen LogP contribution in [0.1, 0.15) is 17.2 Å². The number of hydrogen-bond donors (Lipinski definition) is 0. The zero-order valence-electron chi connectivity index (χ0n) is 13.6. The standard InChI is InChI=1S/C21H18O3S/c22-25(23,19-14-8-3-9-15-19)21(16-17-10-4-1-5-11-17)20(24-21)18-12-6-2-7-13-18/h1-15,20H,16H2. The van der Waals surface area contributed by atoms with Gasteiger partial charge in [0, 0.05) is 6.42 Å². The number of sulfone groups is 1. The van der Waals surface area contributed by atoms with Gasteiger partial charge >= 0.3 is 0 Å². The molecule has 126 valence electrons. The topological polar surface area (TPSA) is 46.7 Å². The van der Waals surface area contributed by atoms with Crippen LogP contribution in [0.3, 0.4) is 0 Å². The third kappa shape index (κ3) is 2.77. The highest BCUT2D eigenvalue weighted by atomic mass is 32.2. The Balaban J connectivity index is 1.78. The van der Waals surface area contributed by atoms with Gasteiger partial charge in [0.25, 0.3) is 0 Å². The van der Waals surface area contributed by atoms with Crippen LogP contribution in [-0.2, 0) is 21.0 Å². The van der Waals surface area contributed by atoms with E-state index >= 15 is 0 Å². The Morgan fingerprint density at radius 1 is 0.760 bits per heavy atom. The largest absolute Gasteiger partial charge is 0.343 e. The Morgan fingerprint density at radius 2 is 1.28 bits per heavy atom. The van der Waals surface area contributed by atoms with Crippen LogP contribution in [0.4, 0.5) is 0 Å². The summed E-state index contributed by atoms with van der Waals surface area (Å²) in [5.41, 5.74) is 1.83. The molecule has 4 heteroatoms. The van der Waals surface area contributed by atoms with Crippen molar-refractivity contribution in [3.63, 3.8) is 0 Å². The van der Waals surface area contributed by atoms with Gasteiger partial charge in [-0.1, -0.05) is 78.9 Å². The lowest BCUT2D eigenvalue weighted by atomic mass is 10.0. The highest BCUT2D eigenvalue weighted by molar-refractivity contribution is 7.93. The van der Waals surface area contributed by atoms with Crippen molar-refractivity contribution in [2.45, 2.75) is 22.4 Å². The number of rotatable bonds is 5. The first-order chi connectivity index (χ1) is 12.1. The molecule has 1 heterocycles. The first-order valence-corrected chi connectivity index (χ1v) is 9.68. The Labute approximate surface area is 147 Å². The van der Waals surface area contributed by atoms with Crippen LogP contribution in [-0.4, -0.2) is 13.4 Å². The lowest BCUT2D eigenvalue weighted by molar-refractivity contribution is 0.344. The molecule has 2 atom stereocenters. The Morgan fingerprint density at radius 3 is 1.88 bits per heavy atom. The second kappa shape index (κ2) is 6.14. The molecule has 1 fully saturated rings. The van der Waals surface area contributed by atoms with E-state index in [0.717, 1.165) is 11.1 Å². The fraction of sp³-hybridized carbons (Fsp3) is 0.143. The van der Waals surface area contributed by atoms with E-state index in [9.17, 15) is 8.42 Å². The van der Waals surface area contributed by atoms with Gasteiger partial charge in [0.05, 0.1) is 4.90 Å². The molecule has 0 amide bonds. The zero-order chi connectivity index (χ0) is 17.3. The molecule has 0 aromatic heterocycles. The average molecular weight is 350 g/mol. The molecule has 1 saturated heterocycles. The first-order valence-electron chi connectivity index (χ1n) is 8.20. The van der Waals surface area contributed by atoms with Crippen molar-refractivity contribution in [3.8, 4) is 0 Å². The fourth-order valence-electron chi connectivity index (χ4n) is 3.23. The van der Waals surface area contributed by atoms with E-state index in [1.54, 1.807) is 24.3 Å². The van der Waals surface area contributed by atoms with Crippen LogP contribution in [0.25, 0.3) is 0 Å². The molecule has 1 aliphatic heterocycles. The molecule has 0 radical (unpaired) electrons. The van der Waals surface area contributed by atoms with Gasteiger partial charge in [-0.15, -0.1) is 0 Å². The lowest BCUT2D eigenvalue weighted by Gasteiger charge is -2.15. The molecule has 0 aliphatic carbocycles. The first kappa shape index (κ1) is 16.1. The molecular formula is C21H18O3S. The monoisotopic (exact) mass is 350 g/mol. The normalized spacial score (nSPS) is 22.5. The van der Waals surface area contributed by atoms with Crippen LogP contribution in [0.15, 0.2) is 95.9 Å². The van der Waals surface area contributed by atoms with Gasteiger partial charge in [0.2, 0.25) is 14.8 Å². The molecule has 3 nitrogen and oxygen atoms in total. The van der Waals surface area contributed by atoms with E-state index in [4.69, 9.17) is 4.74 Å². The molecule has 0 spiro atoms. The molecule has 0 N–H and O–H groups in total. The Kier molecular flexibility index (Phi) is 3.94.